The minimum Gasteiger partial charge on any atom is -0.339 e. The van der Waals surface area contributed by atoms with Crippen LogP contribution in [0.25, 0.3) is 0 Å². The van der Waals surface area contributed by atoms with Crippen LogP contribution < -0.4 is 0 Å². The Morgan fingerprint density at radius 1 is 1.12 bits per heavy atom. The van der Waals surface area contributed by atoms with Crippen LogP contribution in [-0.2, 0) is 4.79 Å². The highest BCUT2D eigenvalue weighted by Crippen LogP contribution is 2.29. The molecule has 4 nitrogen and oxygen atoms in total. The molecule has 3 atom stereocenters. The average molecular weight is 360 g/mol. The van der Waals surface area contributed by atoms with Crippen molar-refractivity contribution in [1.29, 1.82) is 0 Å². The smallest absolute Gasteiger partial charge is 0.230 e. The maximum Gasteiger partial charge on any atom is 0.230 e. The van der Waals surface area contributed by atoms with Crippen LogP contribution in [0.1, 0.15) is 44.7 Å². The summed E-state index contributed by atoms with van der Waals surface area (Å²) in [6.07, 6.45) is 0. The number of piperazine rings is 1. The first-order valence-electron chi connectivity index (χ1n) is 9.96. The van der Waals surface area contributed by atoms with Crippen LogP contribution in [0, 0.1) is 12.8 Å². The van der Waals surface area contributed by atoms with E-state index in [-0.39, 0.29) is 11.8 Å². The number of likely N-dealkylation sites (N-methyl/N-ethyl adjacent to an activating group) is 1. The number of nitrogens with zero attached hydrogens (tertiary/aromatic N) is 3. The number of benzene rings is 1. The first-order chi connectivity index (χ1) is 12.2. The molecule has 26 heavy (non-hydrogen) atoms. The molecule has 0 aromatic heterocycles. The van der Waals surface area contributed by atoms with Gasteiger partial charge in [-0.3, -0.25) is 9.69 Å². The van der Waals surface area contributed by atoms with Gasteiger partial charge in [0.25, 0.3) is 0 Å². The Balaban J connectivity index is 2.11. The van der Waals surface area contributed by atoms with E-state index < -0.39 is 0 Å². The molecule has 1 aromatic rings. The highest BCUT2D eigenvalue weighted by Gasteiger charge is 2.35. The summed E-state index contributed by atoms with van der Waals surface area (Å²) in [7, 11) is 4.23. The predicted molar refractivity (Wildman–Crippen MR) is 110 cm³/mol. The third-order valence-corrected chi connectivity index (χ3v) is 5.59. The van der Waals surface area contributed by atoms with Crippen molar-refractivity contribution in [1.82, 2.24) is 14.7 Å². The zero-order valence-corrected chi connectivity index (χ0v) is 17.7. The molecule has 1 aliphatic rings. The Hall–Kier alpha value is -1.39. The normalized spacial score (nSPS) is 22.9. The average Bonchev–Trinajstić information content (AvgIpc) is 2.55. The van der Waals surface area contributed by atoms with Crippen LogP contribution in [0.4, 0.5) is 0 Å². The van der Waals surface area contributed by atoms with E-state index >= 15 is 0 Å². The molecule has 0 aliphatic carbocycles. The van der Waals surface area contributed by atoms with Gasteiger partial charge in [0.15, 0.2) is 0 Å². The molecular formula is C22H37N3O. The van der Waals surface area contributed by atoms with E-state index in [1.807, 2.05) is 0 Å². The Morgan fingerprint density at radius 2 is 1.65 bits per heavy atom. The van der Waals surface area contributed by atoms with Gasteiger partial charge in [-0.15, -0.1) is 0 Å². The summed E-state index contributed by atoms with van der Waals surface area (Å²) < 4.78 is 0. The van der Waals surface area contributed by atoms with E-state index in [1.54, 1.807) is 0 Å². The van der Waals surface area contributed by atoms with E-state index in [1.165, 1.54) is 5.56 Å². The summed E-state index contributed by atoms with van der Waals surface area (Å²) in [5.41, 5.74) is 2.38. The van der Waals surface area contributed by atoms with Crippen molar-refractivity contribution in [3.8, 4) is 0 Å². The van der Waals surface area contributed by atoms with Crippen LogP contribution in [0.3, 0.4) is 0 Å². The van der Waals surface area contributed by atoms with Crippen molar-refractivity contribution in [2.75, 3.05) is 40.3 Å². The Morgan fingerprint density at radius 3 is 2.12 bits per heavy atom. The highest BCUT2D eigenvalue weighted by atomic mass is 16.2. The second-order valence-electron chi connectivity index (χ2n) is 8.61. The standard InChI is InChI=1S/C22H37N3O/c1-16(2)21(20-10-8-17(3)9-11-20)22(26)24-14-18(4)25(19(5)15-24)13-12-23(6)7/h8-11,16,18-19,21H,12-15H2,1-7H3. The third kappa shape index (κ3) is 5.08. The summed E-state index contributed by atoms with van der Waals surface area (Å²) in [4.78, 5) is 20.3. The largest absolute Gasteiger partial charge is 0.339 e. The van der Waals surface area contributed by atoms with Crippen LogP contribution in [0.15, 0.2) is 24.3 Å². The molecule has 0 spiro atoms. The summed E-state index contributed by atoms with van der Waals surface area (Å²) in [5, 5.41) is 0. The molecule has 0 radical (unpaired) electrons. The first kappa shape index (κ1) is 20.9. The van der Waals surface area contributed by atoms with Gasteiger partial charge in [0.2, 0.25) is 5.91 Å². The molecule has 1 saturated heterocycles. The van der Waals surface area contributed by atoms with Gasteiger partial charge in [-0.05, 0) is 46.3 Å². The third-order valence-electron chi connectivity index (χ3n) is 5.59. The van der Waals surface area contributed by atoms with Gasteiger partial charge in [0.05, 0.1) is 5.92 Å². The second kappa shape index (κ2) is 9.01. The van der Waals surface area contributed by atoms with Gasteiger partial charge in [0, 0.05) is 38.3 Å². The van der Waals surface area contributed by atoms with E-state index in [4.69, 9.17) is 0 Å². The molecular weight excluding hydrogens is 322 g/mol. The molecule has 0 saturated carbocycles. The first-order valence-corrected chi connectivity index (χ1v) is 9.96. The summed E-state index contributed by atoms with van der Waals surface area (Å²) in [5.74, 6) is 0.528. The monoisotopic (exact) mass is 359 g/mol. The summed E-state index contributed by atoms with van der Waals surface area (Å²) in [6, 6.07) is 9.27. The van der Waals surface area contributed by atoms with Crippen molar-refractivity contribution >= 4 is 5.91 Å². The molecule has 2 rings (SSSR count). The highest BCUT2D eigenvalue weighted by molar-refractivity contribution is 5.84. The van der Waals surface area contributed by atoms with Crippen LogP contribution >= 0.6 is 0 Å². The van der Waals surface area contributed by atoms with E-state index in [0.717, 1.165) is 31.7 Å². The quantitative estimate of drug-likeness (QED) is 0.780. The molecule has 146 valence electrons. The number of carbonyl (C=O) groups is 1. The zero-order chi connectivity index (χ0) is 19.4. The van der Waals surface area contributed by atoms with Gasteiger partial charge in [0.1, 0.15) is 0 Å². The van der Waals surface area contributed by atoms with Gasteiger partial charge in [-0.1, -0.05) is 43.7 Å². The van der Waals surface area contributed by atoms with Crippen LogP contribution in [0.5, 0.6) is 0 Å². The maximum absolute atomic E-state index is 13.4. The molecule has 1 aliphatic heterocycles. The van der Waals surface area contributed by atoms with Gasteiger partial charge in [-0.25, -0.2) is 0 Å². The van der Waals surface area contributed by atoms with Crippen LogP contribution in [0.2, 0.25) is 0 Å². The lowest BCUT2D eigenvalue weighted by atomic mass is 9.86. The second-order valence-corrected chi connectivity index (χ2v) is 8.61. The predicted octanol–water partition coefficient (Wildman–Crippen LogP) is 3.22. The number of carbonyl (C=O) groups excluding carboxylic acids is 1. The lowest BCUT2D eigenvalue weighted by molar-refractivity contribution is -0.138. The number of aryl methyl sites for hydroxylation is 1. The van der Waals surface area contributed by atoms with Gasteiger partial charge < -0.3 is 9.80 Å². The minimum absolute atomic E-state index is 0.0525. The molecule has 1 fully saturated rings. The van der Waals surface area contributed by atoms with Crippen molar-refractivity contribution in [3.63, 3.8) is 0 Å². The molecule has 1 aromatic carbocycles. The molecule has 0 bridgehead atoms. The molecule has 0 N–H and O–H groups in total. The molecule has 1 amide bonds. The zero-order valence-electron chi connectivity index (χ0n) is 17.7. The van der Waals surface area contributed by atoms with E-state index in [0.29, 0.717) is 18.0 Å². The van der Waals surface area contributed by atoms with E-state index in [9.17, 15) is 4.79 Å². The Kier molecular flexibility index (Phi) is 7.24. The van der Waals surface area contributed by atoms with Crippen molar-refractivity contribution < 1.29 is 4.79 Å². The van der Waals surface area contributed by atoms with Crippen molar-refractivity contribution in [2.45, 2.75) is 52.6 Å². The van der Waals surface area contributed by atoms with Crippen molar-refractivity contribution in [3.05, 3.63) is 35.4 Å². The number of hydrogen-bond donors (Lipinski definition) is 0. The number of rotatable bonds is 6. The Labute approximate surface area is 160 Å². The topological polar surface area (TPSA) is 26.8 Å². The molecule has 1 heterocycles. The summed E-state index contributed by atoms with van der Waals surface area (Å²) >= 11 is 0. The van der Waals surface area contributed by atoms with E-state index in [2.05, 4.69) is 87.7 Å². The fourth-order valence-electron chi connectivity index (χ4n) is 4.08. The lowest BCUT2D eigenvalue weighted by Crippen LogP contribution is -2.59. The summed E-state index contributed by atoms with van der Waals surface area (Å²) in [6.45, 7) is 14.7. The van der Waals surface area contributed by atoms with Gasteiger partial charge in [-0.2, -0.15) is 0 Å². The fraction of sp³-hybridized carbons (Fsp3) is 0.682. The SMILES string of the molecule is Cc1ccc(C(C(=O)N2CC(C)N(CCN(C)C)C(C)C2)C(C)C)cc1. The molecule has 4 heteroatoms. The van der Waals surface area contributed by atoms with Gasteiger partial charge >= 0.3 is 0 Å². The fourth-order valence-corrected chi connectivity index (χ4v) is 4.08. The number of hydrogen-bond acceptors (Lipinski definition) is 3. The minimum atomic E-state index is -0.0525. The maximum atomic E-state index is 13.4. The molecule has 3 unspecified atom stereocenters. The Bertz CT molecular complexity index is 570. The van der Waals surface area contributed by atoms with Crippen molar-refractivity contribution in [2.24, 2.45) is 5.92 Å². The lowest BCUT2D eigenvalue weighted by Gasteiger charge is -2.46. The van der Waals surface area contributed by atoms with Crippen LogP contribution in [-0.4, -0.2) is 73.0 Å². The number of amides is 1.